The van der Waals surface area contributed by atoms with Crippen LogP contribution < -0.4 is 10.2 Å². The highest BCUT2D eigenvalue weighted by Gasteiger charge is 2.25. The van der Waals surface area contributed by atoms with Gasteiger partial charge in [0.15, 0.2) is 5.76 Å². The molecule has 0 radical (unpaired) electrons. The van der Waals surface area contributed by atoms with Gasteiger partial charge in [0.2, 0.25) is 5.71 Å². The smallest absolute Gasteiger partial charge is 0.227 e. The molecular weight excluding hydrogens is 458 g/mol. The number of fused-ring (bicyclic) bond motifs is 7. The monoisotopic (exact) mass is 479 g/mol. The first kappa shape index (κ1) is 20.2. The van der Waals surface area contributed by atoms with Gasteiger partial charge >= 0.3 is 0 Å². The Hall–Kier alpha value is -5.03. The largest absolute Gasteiger partial charge is 0.454 e. The summed E-state index contributed by atoms with van der Waals surface area (Å²) in [7, 11) is 0. The molecule has 37 heavy (non-hydrogen) atoms. The Bertz CT molecular complexity index is 2010. The summed E-state index contributed by atoms with van der Waals surface area (Å²) >= 11 is 0. The lowest BCUT2D eigenvalue weighted by Gasteiger charge is -2.27. The number of furan rings is 2. The number of hydrogen-bond acceptors (Lipinski definition) is 5. The van der Waals surface area contributed by atoms with Crippen molar-refractivity contribution in [1.82, 2.24) is 4.98 Å². The molecule has 5 nitrogen and oxygen atoms in total. The number of pyridine rings is 1. The molecule has 176 valence electrons. The van der Waals surface area contributed by atoms with Gasteiger partial charge in [-0.15, -0.1) is 0 Å². The Labute approximate surface area is 212 Å². The normalized spacial score (nSPS) is 12.9. The Morgan fingerprint density at radius 1 is 0.730 bits per heavy atom. The van der Waals surface area contributed by atoms with Crippen LogP contribution in [0.3, 0.4) is 0 Å². The summed E-state index contributed by atoms with van der Waals surface area (Å²) in [6, 6.07) is 31.5. The fourth-order valence-electron chi connectivity index (χ4n) is 5.51. The molecule has 4 heterocycles. The number of rotatable bonds is 3. The molecule has 4 aromatic carbocycles. The maximum atomic E-state index is 6.26. The number of anilines is 4. The fraction of sp³-hybridized carbons (Fsp3) is 0.0312. The van der Waals surface area contributed by atoms with E-state index in [1.54, 1.807) is 6.20 Å². The van der Waals surface area contributed by atoms with Crippen molar-refractivity contribution in [1.29, 1.82) is 0 Å². The Kier molecular flexibility index (Phi) is 4.22. The lowest BCUT2D eigenvalue weighted by atomic mass is 10.0. The van der Waals surface area contributed by atoms with Crippen LogP contribution in [0.2, 0.25) is 0 Å². The van der Waals surface area contributed by atoms with Crippen molar-refractivity contribution in [3.63, 3.8) is 0 Å². The van der Waals surface area contributed by atoms with Crippen molar-refractivity contribution in [3.8, 4) is 0 Å². The third-order valence-electron chi connectivity index (χ3n) is 7.11. The summed E-state index contributed by atoms with van der Waals surface area (Å²) in [5.41, 5.74) is 6.41. The zero-order valence-electron chi connectivity index (χ0n) is 19.8. The van der Waals surface area contributed by atoms with Crippen LogP contribution in [0.15, 0.2) is 112 Å². The summed E-state index contributed by atoms with van der Waals surface area (Å²) in [4.78, 5) is 6.80. The number of benzene rings is 4. The van der Waals surface area contributed by atoms with Crippen LogP contribution in [0, 0.1) is 0 Å². The van der Waals surface area contributed by atoms with Gasteiger partial charge in [-0.05, 0) is 65.4 Å². The van der Waals surface area contributed by atoms with Crippen molar-refractivity contribution >= 4 is 72.6 Å². The van der Waals surface area contributed by atoms with E-state index >= 15 is 0 Å². The first-order chi connectivity index (χ1) is 18.3. The minimum atomic E-state index is 0.633. The Morgan fingerprint density at radius 3 is 2.43 bits per heavy atom. The van der Waals surface area contributed by atoms with Crippen molar-refractivity contribution < 1.29 is 8.83 Å². The van der Waals surface area contributed by atoms with Crippen molar-refractivity contribution in [2.75, 3.05) is 16.8 Å². The molecule has 0 fully saturated rings. The highest BCUT2D eigenvalue weighted by atomic mass is 16.3. The van der Waals surface area contributed by atoms with E-state index in [-0.39, 0.29) is 0 Å². The van der Waals surface area contributed by atoms with Gasteiger partial charge < -0.3 is 19.1 Å². The highest BCUT2D eigenvalue weighted by Crippen LogP contribution is 2.48. The standard InChI is InChI=1S/C32H21N3O2/c1-2-8-21-19-22(16-15-20(21)7-1)35(24-10-3-12-26-29(24)23-9-5-18-34-32(23)37-26)25-11-4-13-27-30(25)31-28(36-27)14-6-17-33-31/h1-16,18-19,33H,17H2. The molecule has 1 aliphatic rings. The van der Waals surface area contributed by atoms with E-state index in [9.17, 15) is 0 Å². The number of nitrogens with one attached hydrogen (secondary N) is 1. The quantitative estimate of drug-likeness (QED) is 0.274. The summed E-state index contributed by atoms with van der Waals surface area (Å²) in [6.07, 6.45) is 5.89. The van der Waals surface area contributed by atoms with Crippen LogP contribution in [-0.4, -0.2) is 11.5 Å². The molecule has 5 heteroatoms. The van der Waals surface area contributed by atoms with Gasteiger partial charge in [0, 0.05) is 18.4 Å². The summed E-state index contributed by atoms with van der Waals surface area (Å²) < 4.78 is 12.4. The van der Waals surface area contributed by atoms with Gasteiger partial charge in [0.25, 0.3) is 0 Å². The molecule has 1 aliphatic heterocycles. The van der Waals surface area contributed by atoms with Crippen LogP contribution in [0.25, 0.3) is 49.9 Å². The average molecular weight is 480 g/mol. The molecule has 0 saturated carbocycles. The summed E-state index contributed by atoms with van der Waals surface area (Å²) in [6.45, 7) is 0.763. The van der Waals surface area contributed by atoms with Crippen molar-refractivity contribution in [2.24, 2.45) is 0 Å². The maximum Gasteiger partial charge on any atom is 0.227 e. The number of aromatic nitrogens is 1. The second-order valence-corrected chi connectivity index (χ2v) is 9.25. The SMILES string of the molecule is C1=Cc2oc3cccc(N(c4ccc5ccccc5c4)c4cccc5oc6ncccc6c45)c3c2NC1. The molecule has 0 bridgehead atoms. The Morgan fingerprint density at radius 2 is 1.54 bits per heavy atom. The molecule has 0 unspecified atom stereocenters. The zero-order chi connectivity index (χ0) is 24.3. The van der Waals surface area contributed by atoms with Gasteiger partial charge in [-0.2, -0.15) is 0 Å². The highest BCUT2D eigenvalue weighted by molar-refractivity contribution is 6.15. The third kappa shape index (κ3) is 3.01. The van der Waals surface area contributed by atoms with E-state index < -0.39 is 0 Å². The zero-order valence-corrected chi connectivity index (χ0v) is 19.8. The van der Waals surface area contributed by atoms with Gasteiger partial charge in [0.1, 0.15) is 11.2 Å². The molecule has 0 spiro atoms. The fourth-order valence-corrected chi connectivity index (χ4v) is 5.51. The molecule has 0 saturated heterocycles. The average Bonchev–Trinajstić information content (AvgIpc) is 3.52. The van der Waals surface area contributed by atoms with E-state index in [0.717, 1.165) is 62.4 Å². The topological polar surface area (TPSA) is 54.4 Å². The van der Waals surface area contributed by atoms with Gasteiger partial charge in [-0.3, -0.25) is 0 Å². The second-order valence-electron chi connectivity index (χ2n) is 9.25. The molecule has 7 aromatic rings. The third-order valence-corrected chi connectivity index (χ3v) is 7.11. The van der Waals surface area contributed by atoms with Gasteiger partial charge in [-0.25, -0.2) is 4.98 Å². The number of nitrogens with zero attached hydrogens (tertiary/aromatic N) is 2. The molecule has 3 aromatic heterocycles. The maximum absolute atomic E-state index is 6.26. The van der Waals surface area contributed by atoms with Crippen molar-refractivity contribution in [3.05, 3.63) is 109 Å². The minimum absolute atomic E-state index is 0.633. The van der Waals surface area contributed by atoms with E-state index in [4.69, 9.17) is 8.83 Å². The van der Waals surface area contributed by atoms with Crippen LogP contribution in [0.5, 0.6) is 0 Å². The molecular formula is C32H21N3O2. The predicted molar refractivity (Wildman–Crippen MR) is 151 cm³/mol. The van der Waals surface area contributed by atoms with Crippen LogP contribution in [-0.2, 0) is 0 Å². The first-order valence-corrected chi connectivity index (χ1v) is 12.4. The van der Waals surface area contributed by atoms with Gasteiger partial charge in [0.05, 0.1) is 33.2 Å². The van der Waals surface area contributed by atoms with Gasteiger partial charge in [-0.1, -0.05) is 48.5 Å². The molecule has 0 aliphatic carbocycles. The molecule has 8 rings (SSSR count). The summed E-state index contributed by atoms with van der Waals surface area (Å²) in [5.74, 6) is 0.850. The lowest BCUT2D eigenvalue weighted by molar-refractivity contribution is 0.604. The van der Waals surface area contributed by atoms with E-state index in [0.29, 0.717) is 5.71 Å². The predicted octanol–water partition coefficient (Wildman–Crippen LogP) is 8.79. The van der Waals surface area contributed by atoms with E-state index in [2.05, 4.69) is 88.0 Å². The molecule has 0 atom stereocenters. The van der Waals surface area contributed by atoms with Crippen LogP contribution >= 0.6 is 0 Å². The first-order valence-electron chi connectivity index (χ1n) is 12.4. The van der Waals surface area contributed by atoms with Crippen molar-refractivity contribution in [2.45, 2.75) is 0 Å². The number of hydrogen-bond donors (Lipinski definition) is 1. The molecule has 1 N–H and O–H groups in total. The van der Waals surface area contributed by atoms with Crippen LogP contribution in [0.1, 0.15) is 5.76 Å². The summed E-state index contributed by atoms with van der Waals surface area (Å²) in [5, 5.41) is 8.99. The molecule has 0 amide bonds. The van der Waals surface area contributed by atoms with E-state index in [1.165, 1.54) is 10.8 Å². The second kappa shape index (κ2) is 7.73. The Balaban J connectivity index is 1.49. The lowest BCUT2D eigenvalue weighted by Crippen LogP contribution is -2.11. The minimum Gasteiger partial charge on any atom is -0.454 e. The van der Waals surface area contributed by atoms with E-state index in [1.807, 2.05) is 30.3 Å². The van der Waals surface area contributed by atoms with Crippen LogP contribution in [0.4, 0.5) is 22.7 Å².